The Labute approximate surface area is 114 Å². The van der Waals surface area contributed by atoms with Crippen molar-refractivity contribution in [3.05, 3.63) is 28.2 Å². The molecule has 100 valence electrons. The van der Waals surface area contributed by atoms with Gasteiger partial charge in [0.2, 0.25) is 0 Å². The van der Waals surface area contributed by atoms with Gasteiger partial charge >= 0.3 is 11.5 Å². The van der Waals surface area contributed by atoms with E-state index in [1.165, 1.54) is 18.2 Å². The molecule has 1 aromatic carbocycles. The van der Waals surface area contributed by atoms with Crippen molar-refractivity contribution in [1.29, 1.82) is 0 Å². The zero-order valence-electron chi connectivity index (χ0n) is 8.92. The number of anilines is 1. The van der Waals surface area contributed by atoms with Crippen LogP contribution in [-0.4, -0.2) is 28.9 Å². The Morgan fingerprint density at radius 1 is 1.44 bits per heavy atom. The molecule has 0 spiro atoms. The van der Waals surface area contributed by atoms with E-state index in [9.17, 15) is 18.0 Å². The first-order valence-electron chi connectivity index (χ1n) is 4.77. The van der Waals surface area contributed by atoms with Crippen LogP contribution in [0.4, 0.5) is 18.9 Å². The average Bonchev–Trinajstić information content (AvgIpc) is 2.22. The van der Waals surface area contributed by atoms with E-state index < -0.39 is 11.5 Å². The predicted molar refractivity (Wildman–Crippen MR) is 68.1 cm³/mol. The van der Waals surface area contributed by atoms with Crippen LogP contribution in [-0.2, 0) is 0 Å². The summed E-state index contributed by atoms with van der Waals surface area (Å²) >= 11 is 2.98. The van der Waals surface area contributed by atoms with Crippen molar-refractivity contribution in [2.75, 3.05) is 17.6 Å². The summed E-state index contributed by atoms with van der Waals surface area (Å²) in [6.07, 6.45) is 0. The smallest absolute Gasteiger partial charge is 0.441 e. The van der Waals surface area contributed by atoms with E-state index in [-0.39, 0.29) is 29.6 Å². The Morgan fingerprint density at radius 3 is 2.61 bits per heavy atom. The zero-order chi connectivity index (χ0) is 13.8. The third-order valence-electron chi connectivity index (χ3n) is 1.90. The lowest BCUT2D eigenvalue weighted by Crippen LogP contribution is -2.09. The van der Waals surface area contributed by atoms with Crippen LogP contribution in [0.3, 0.4) is 0 Å². The van der Waals surface area contributed by atoms with Crippen molar-refractivity contribution in [3.8, 4) is 0 Å². The Kier molecular flexibility index (Phi) is 5.33. The first-order chi connectivity index (χ1) is 8.29. The Bertz CT molecular complexity index is 440. The van der Waals surface area contributed by atoms with E-state index in [0.29, 0.717) is 10.2 Å². The first kappa shape index (κ1) is 15.2. The van der Waals surface area contributed by atoms with E-state index in [1.807, 2.05) is 0 Å². The topological polar surface area (TPSA) is 49.3 Å². The van der Waals surface area contributed by atoms with Crippen LogP contribution in [0.2, 0.25) is 0 Å². The van der Waals surface area contributed by atoms with Crippen molar-refractivity contribution >= 4 is 39.3 Å². The highest BCUT2D eigenvalue weighted by Crippen LogP contribution is 2.29. The van der Waals surface area contributed by atoms with Crippen molar-refractivity contribution < 1.29 is 23.1 Å². The number of nitrogens with one attached hydrogen (secondary N) is 1. The minimum atomic E-state index is -4.23. The molecule has 0 saturated heterocycles. The third kappa shape index (κ3) is 5.18. The van der Waals surface area contributed by atoms with Gasteiger partial charge in [0.05, 0.1) is 5.56 Å². The molecule has 3 nitrogen and oxygen atoms in total. The van der Waals surface area contributed by atoms with Gasteiger partial charge in [-0.25, -0.2) is 4.79 Å². The van der Waals surface area contributed by atoms with E-state index in [0.717, 1.165) is 0 Å². The van der Waals surface area contributed by atoms with Crippen LogP contribution in [0.15, 0.2) is 22.7 Å². The number of aromatic carboxylic acids is 1. The fourth-order valence-corrected chi connectivity index (χ4v) is 2.14. The number of rotatable bonds is 5. The third-order valence-corrected chi connectivity index (χ3v) is 3.29. The fraction of sp³-hybridized carbons (Fsp3) is 0.300. The number of carboxylic acids is 1. The van der Waals surface area contributed by atoms with Crippen molar-refractivity contribution in [3.63, 3.8) is 0 Å². The van der Waals surface area contributed by atoms with Gasteiger partial charge in [0, 0.05) is 22.5 Å². The number of thioether (sulfide) groups is 1. The number of carbonyl (C=O) groups is 1. The number of carboxylic acid groups (broad SMARTS) is 1. The average molecular weight is 344 g/mol. The van der Waals surface area contributed by atoms with Gasteiger partial charge in [-0.15, -0.1) is 0 Å². The summed E-state index contributed by atoms with van der Waals surface area (Å²) < 4.78 is 35.9. The maximum Gasteiger partial charge on any atom is 0.441 e. The summed E-state index contributed by atoms with van der Waals surface area (Å²) in [6, 6.07) is 4.40. The molecule has 0 fully saturated rings. The van der Waals surface area contributed by atoms with Crippen molar-refractivity contribution in [1.82, 2.24) is 0 Å². The van der Waals surface area contributed by atoms with E-state index in [4.69, 9.17) is 5.11 Å². The normalized spacial score (nSPS) is 11.3. The number of hydrogen-bond donors (Lipinski definition) is 2. The highest BCUT2D eigenvalue weighted by atomic mass is 79.9. The number of alkyl halides is 3. The molecule has 18 heavy (non-hydrogen) atoms. The second-order valence-electron chi connectivity index (χ2n) is 3.22. The maximum absolute atomic E-state index is 11.8. The van der Waals surface area contributed by atoms with Gasteiger partial charge in [0.1, 0.15) is 0 Å². The summed E-state index contributed by atoms with van der Waals surface area (Å²) in [7, 11) is 0. The lowest BCUT2D eigenvalue weighted by atomic mass is 10.2. The molecule has 0 aliphatic heterocycles. The summed E-state index contributed by atoms with van der Waals surface area (Å²) in [5, 5.41) is 11.6. The summed E-state index contributed by atoms with van der Waals surface area (Å²) in [5.41, 5.74) is -3.56. The molecule has 0 aliphatic carbocycles. The quantitative estimate of drug-likeness (QED) is 0.798. The van der Waals surface area contributed by atoms with Crippen LogP contribution in [0.25, 0.3) is 0 Å². The highest BCUT2D eigenvalue weighted by molar-refractivity contribution is 9.10. The summed E-state index contributed by atoms with van der Waals surface area (Å²) in [6.45, 7) is 0.142. The highest BCUT2D eigenvalue weighted by Gasteiger charge is 2.27. The van der Waals surface area contributed by atoms with E-state index in [1.54, 1.807) is 0 Å². The number of hydrogen-bond acceptors (Lipinski definition) is 3. The molecule has 1 rings (SSSR count). The molecule has 0 heterocycles. The molecule has 0 aromatic heterocycles. The van der Waals surface area contributed by atoms with Crippen LogP contribution < -0.4 is 5.32 Å². The molecule has 0 unspecified atom stereocenters. The van der Waals surface area contributed by atoms with Gasteiger partial charge in [-0.2, -0.15) is 13.2 Å². The van der Waals surface area contributed by atoms with Crippen LogP contribution >= 0.6 is 27.7 Å². The molecular weight excluding hydrogens is 335 g/mol. The monoisotopic (exact) mass is 343 g/mol. The summed E-state index contributed by atoms with van der Waals surface area (Å²) in [5.74, 6) is -1.18. The van der Waals surface area contributed by atoms with Gasteiger partial charge in [0.25, 0.3) is 0 Å². The first-order valence-corrected chi connectivity index (χ1v) is 6.55. The SMILES string of the molecule is O=C(O)c1ccc(NCCSC(F)(F)F)cc1Br. The molecule has 8 heteroatoms. The minimum Gasteiger partial charge on any atom is -0.478 e. The van der Waals surface area contributed by atoms with E-state index >= 15 is 0 Å². The maximum atomic E-state index is 11.8. The molecule has 2 N–H and O–H groups in total. The summed E-state index contributed by atoms with van der Waals surface area (Å²) in [4.78, 5) is 10.7. The largest absolute Gasteiger partial charge is 0.478 e. The number of halogens is 4. The van der Waals surface area contributed by atoms with Crippen molar-refractivity contribution in [2.24, 2.45) is 0 Å². The molecule has 0 radical (unpaired) electrons. The van der Waals surface area contributed by atoms with E-state index in [2.05, 4.69) is 21.2 Å². The minimum absolute atomic E-state index is 0.102. The van der Waals surface area contributed by atoms with Gasteiger partial charge in [-0.3, -0.25) is 0 Å². The standard InChI is InChI=1S/C10H9BrF3NO2S/c11-8-5-6(1-2-7(8)9(16)17)15-3-4-18-10(12,13)14/h1-2,5,15H,3-4H2,(H,16,17). The van der Waals surface area contributed by atoms with Gasteiger partial charge in [-0.1, -0.05) is 0 Å². The van der Waals surface area contributed by atoms with Gasteiger partial charge in [0.15, 0.2) is 0 Å². The fourth-order valence-electron chi connectivity index (χ4n) is 1.16. The second kappa shape index (κ2) is 6.33. The lowest BCUT2D eigenvalue weighted by Gasteiger charge is -2.09. The molecule has 1 aromatic rings. The molecule has 0 saturated carbocycles. The van der Waals surface area contributed by atoms with Gasteiger partial charge in [-0.05, 0) is 45.9 Å². The lowest BCUT2D eigenvalue weighted by molar-refractivity contribution is -0.0327. The molecule has 0 amide bonds. The Morgan fingerprint density at radius 2 is 2.11 bits per heavy atom. The Hall–Kier alpha value is -0.890. The van der Waals surface area contributed by atoms with Crippen LogP contribution in [0, 0.1) is 0 Å². The molecular formula is C10H9BrF3NO2S. The number of benzene rings is 1. The molecule has 0 atom stereocenters. The molecule has 0 aliphatic rings. The predicted octanol–water partition coefficient (Wildman–Crippen LogP) is 3.81. The van der Waals surface area contributed by atoms with Crippen molar-refractivity contribution in [2.45, 2.75) is 5.51 Å². The van der Waals surface area contributed by atoms with Crippen LogP contribution in [0.1, 0.15) is 10.4 Å². The zero-order valence-corrected chi connectivity index (χ0v) is 11.3. The van der Waals surface area contributed by atoms with Crippen LogP contribution in [0.5, 0.6) is 0 Å². The molecule has 0 bridgehead atoms. The Balaban J connectivity index is 2.49. The van der Waals surface area contributed by atoms with Gasteiger partial charge < -0.3 is 10.4 Å². The second-order valence-corrected chi connectivity index (χ2v) is 5.23.